The minimum Gasteiger partial charge on any atom is -0.132 e. The molecule has 0 fully saturated rings. The second kappa shape index (κ2) is 2.58. The summed E-state index contributed by atoms with van der Waals surface area (Å²) < 4.78 is 0. The molecule has 6 heavy (non-hydrogen) atoms. The molecule has 1 unspecified atom stereocenters. The fourth-order valence-corrected chi connectivity index (χ4v) is 0. The Hall–Kier alpha value is 0.430. The van der Waals surface area contributed by atoms with E-state index in [0.29, 0.717) is 5.16 Å². The lowest BCUT2D eigenvalue weighted by atomic mass is 10.3. The second-order valence-electron chi connectivity index (χ2n) is 2.37. The fraction of sp³-hybridized carbons (Fsp3) is 1.00. The van der Waals surface area contributed by atoms with E-state index in [2.05, 4.69) is 30.0 Å². The monoisotopic (exact) mass is 106 g/mol. The third-order valence-corrected chi connectivity index (χ3v) is 0. The summed E-state index contributed by atoms with van der Waals surface area (Å²) in [6.45, 7) is 6.45. The molecule has 0 aromatic rings. The van der Waals surface area contributed by atoms with Crippen LogP contribution in [0.4, 0.5) is 0 Å². The normalized spacial score (nSPS) is 10.0. The van der Waals surface area contributed by atoms with Gasteiger partial charge in [0.1, 0.15) is 0 Å². The van der Waals surface area contributed by atoms with Crippen molar-refractivity contribution in [1.29, 1.82) is 0 Å². The molecule has 0 heterocycles. The van der Waals surface area contributed by atoms with Gasteiger partial charge in [-0.1, -0.05) is 28.2 Å². The van der Waals surface area contributed by atoms with Crippen LogP contribution in [0.5, 0.6) is 0 Å². The van der Waals surface area contributed by atoms with Crippen LogP contribution in [-0.2, 0) is 0 Å². The van der Waals surface area contributed by atoms with E-state index in [1.807, 2.05) is 0 Å². The Kier molecular flexibility index (Phi) is 4.15. The minimum atomic E-state index is 0. The average Bonchev–Trinajstić information content (AvgIpc) is 0.722. The topological polar surface area (TPSA) is 0 Å². The molecule has 0 aromatic carbocycles. The van der Waals surface area contributed by atoms with E-state index in [1.54, 1.807) is 0 Å². The smallest absolute Gasteiger partial charge is 0.0235 e. The van der Waals surface area contributed by atoms with E-state index in [4.69, 9.17) is 0 Å². The first-order valence-corrected chi connectivity index (χ1v) is 2.37. The van der Waals surface area contributed by atoms with E-state index in [0.717, 1.165) is 0 Å². The van der Waals surface area contributed by atoms with Gasteiger partial charge in [0.2, 0.25) is 0 Å². The Morgan fingerprint density at radius 2 is 1.17 bits per heavy atom. The van der Waals surface area contributed by atoms with Crippen LogP contribution in [0.3, 0.4) is 0 Å². The Labute approximate surface area is 43.5 Å². The first-order valence-electron chi connectivity index (χ1n) is 1.79. The summed E-state index contributed by atoms with van der Waals surface area (Å²) in [6.07, 6.45) is 0. The Morgan fingerprint density at radius 1 is 1.17 bits per heavy atom. The highest BCUT2D eigenvalue weighted by atomic mass is 31.0. The van der Waals surface area contributed by atoms with Crippen LogP contribution < -0.4 is 0 Å². The highest BCUT2D eigenvalue weighted by Gasteiger charge is 1.95. The number of hydrogen-bond acceptors (Lipinski definition) is 0. The molecular weight excluding hydrogens is 91.0 g/mol. The second-order valence-corrected chi connectivity index (χ2v) is 4.10. The van der Waals surface area contributed by atoms with Crippen molar-refractivity contribution in [2.24, 2.45) is 0 Å². The Bertz CT molecular complexity index is 19.4. The van der Waals surface area contributed by atoms with Gasteiger partial charge < -0.3 is 0 Å². The molecule has 0 rings (SSSR count). The molecule has 0 aliphatic rings. The number of rotatable bonds is 0. The van der Waals surface area contributed by atoms with Crippen LogP contribution in [-0.4, -0.2) is 5.16 Å². The molecular formula is C5H15P. The quantitative estimate of drug-likeness (QED) is 0.415. The summed E-state index contributed by atoms with van der Waals surface area (Å²) in [7, 11) is 2.72. The zero-order valence-corrected chi connectivity index (χ0v) is 5.23. The van der Waals surface area contributed by atoms with Gasteiger partial charge in [0.05, 0.1) is 0 Å². The molecule has 0 aliphatic carbocycles. The van der Waals surface area contributed by atoms with Crippen molar-refractivity contribution in [3.8, 4) is 0 Å². The fourth-order valence-electron chi connectivity index (χ4n) is 0. The molecule has 40 valence electrons. The maximum Gasteiger partial charge on any atom is -0.0235 e. The van der Waals surface area contributed by atoms with Crippen molar-refractivity contribution in [3.05, 3.63) is 0 Å². The average molecular weight is 106 g/mol. The third-order valence-electron chi connectivity index (χ3n) is 0. The predicted molar refractivity (Wildman–Crippen MR) is 36.2 cm³/mol. The summed E-state index contributed by atoms with van der Waals surface area (Å²) in [4.78, 5) is 0. The molecule has 0 aromatic heterocycles. The van der Waals surface area contributed by atoms with Gasteiger partial charge in [0.25, 0.3) is 0 Å². The van der Waals surface area contributed by atoms with Gasteiger partial charge in [-0.2, -0.15) is 0 Å². The van der Waals surface area contributed by atoms with Crippen LogP contribution in [0.15, 0.2) is 0 Å². The Morgan fingerprint density at radius 3 is 1.17 bits per heavy atom. The third kappa shape index (κ3) is 282. The maximum atomic E-state index is 2.72. The molecule has 0 aliphatic heterocycles. The molecule has 1 atom stereocenters. The Balaban J connectivity index is 0. The van der Waals surface area contributed by atoms with Crippen molar-refractivity contribution in [2.45, 2.75) is 33.4 Å². The van der Waals surface area contributed by atoms with Crippen molar-refractivity contribution in [3.63, 3.8) is 0 Å². The standard InChI is InChI=1S/C4H11P.CH4/c1-4(2,3)5;/h5H2,1-3H3;1H4. The van der Waals surface area contributed by atoms with Gasteiger partial charge in [-0.25, -0.2) is 0 Å². The van der Waals surface area contributed by atoms with Crippen LogP contribution in [0.1, 0.15) is 28.2 Å². The van der Waals surface area contributed by atoms with Crippen LogP contribution in [0.2, 0.25) is 0 Å². The first-order chi connectivity index (χ1) is 2.00. The molecule has 0 saturated carbocycles. The van der Waals surface area contributed by atoms with Gasteiger partial charge in [-0.3, -0.25) is 0 Å². The molecule has 0 nitrogen and oxygen atoms in total. The summed E-state index contributed by atoms with van der Waals surface area (Å²) >= 11 is 0. The largest absolute Gasteiger partial charge is 0.132 e. The van der Waals surface area contributed by atoms with Crippen molar-refractivity contribution >= 4 is 9.24 Å². The lowest BCUT2D eigenvalue weighted by molar-refractivity contribution is 0.804. The van der Waals surface area contributed by atoms with E-state index < -0.39 is 0 Å². The zero-order valence-electron chi connectivity index (χ0n) is 4.08. The number of hydrogen-bond donors (Lipinski definition) is 0. The van der Waals surface area contributed by atoms with E-state index in [1.165, 1.54) is 0 Å². The molecule has 0 radical (unpaired) electrons. The first kappa shape index (κ1) is 9.66. The van der Waals surface area contributed by atoms with Crippen molar-refractivity contribution < 1.29 is 0 Å². The van der Waals surface area contributed by atoms with Gasteiger partial charge in [-0.15, -0.1) is 9.24 Å². The molecule has 0 spiro atoms. The van der Waals surface area contributed by atoms with Gasteiger partial charge in [0.15, 0.2) is 0 Å². The molecule has 0 saturated heterocycles. The molecule has 0 bridgehead atoms. The lowest BCUT2D eigenvalue weighted by Gasteiger charge is -2.05. The van der Waals surface area contributed by atoms with Crippen LogP contribution >= 0.6 is 9.24 Å². The van der Waals surface area contributed by atoms with Crippen LogP contribution in [0.25, 0.3) is 0 Å². The molecule has 0 N–H and O–H groups in total. The summed E-state index contributed by atoms with van der Waals surface area (Å²) in [5.74, 6) is 0. The van der Waals surface area contributed by atoms with E-state index >= 15 is 0 Å². The summed E-state index contributed by atoms with van der Waals surface area (Å²) in [5.41, 5.74) is 0. The summed E-state index contributed by atoms with van der Waals surface area (Å²) in [5, 5.41) is 0.417. The van der Waals surface area contributed by atoms with E-state index in [9.17, 15) is 0 Å². The maximum absolute atomic E-state index is 2.72. The lowest BCUT2D eigenvalue weighted by Crippen LogP contribution is -1.97. The zero-order chi connectivity index (χ0) is 4.50. The van der Waals surface area contributed by atoms with Crippen molar-refractivity contribution in [1.82, 2.24) is 0 Å². The van der Waals surface area contributed by atoms with Gasteiger partial charge >= 0.3 is 0 Å². The minimum absolute atomic E-state index is 0. The van der Waals surface area contributed by atoms with Crippen molar-refractivity contribution in [2.75, 3.05) is 0 Å². The molecule has 1 heteroatoms. The summed E-state index contributed by atoms with van der Waals surface area (Å²) in [6, 6.07) is 0. The SMILES string of the molecule is C.CC(C)(C)P. The van der Waals surface area contributed by atoms with Gasteiger partial charge in [0, 0.05) is 0 Å². The van der Waals surface area contributed by atoms with Crippen LogP contribution in [0, 0.1) is 0 Å². The van der Waals surface area contributed by atoms with Gasteiger partial charge in [-0.05, 0) is 5.16 Å². The predicted octanol–water partition coefficient (Wildman–Crippen LogP) is 2.30. The highest BCUT2D eigenvalue weighted by Crippen LogP contribution is 2.12. The molecule has 0 amide bonds. The van der Waals surface area contributed by atoms with E-state index in [-0.39, 0.29) is 7.43 Å². The highest BCUT2D eigenvalue weighted by molar-refractivity contribution is 7.18.